The molecular weight excluding hydrogens is 222 g/mol. The van der Waals surface area contributed by atoms with Crippen molar-refractivity contribution in [3.63, 3.8) is 0 Å². The molecule has 0 rings (SSSR count). The van der Waals surface area contributed by atoms with Gasteiger partial charge in [-0.05, 0) is 12.3 Å². The van der Waals surface area contributed by atoms with Crippen LogP contribution in [-0.4, -0.2) is 41.7 Å². The van der Waals surface area contributed by atoms with E-state index >= 15 is 0 Å². The second-order valence-electron chi connectivity index (χ2n) is 3.94. The second-order valence-corrected chi connectivity index (χ2v) is 3.94. The summed E-state index contributed by atoms with van der Waals surface area (Å²) >= 11 is 0. The third-order valence-corrected chi connectivity index (χ3v) is 2.65. The van der Waals surface area contributed by atoms with Crippen LogP contribution in [0, 0.1) is 11.8 Å². The van der Waals surface area contributed by atoms with Crippen molar-refractivity contribution in [1.82, 2.24) is 5.32 Å². The molecule has 0 radical (unpaired) electrons. The number of rotatable bonds is 9. The van der Waals surface area contributed by atoms with Gasteiger partial charge in [0.05, 0.1) is 12.7 Å². The number of amides is 1. The maximum Gasteiger partial charge on any atom is 0.219 e. The van der Waals surface area contributed by atoms with Crippen molar-refractivity contribution in [1.29, 1.82) is 0 Å². The normalized spacial score (nSPS) is 15.7. The molecule has 0 aliphatic carbocycles. The minimum Gasteiger partial charge on any atom is -0.394 e. The van der Waals surface area contributed by atoms with Crippen LogP contribution in [0.25, 0.3) is 0 Å². The van der Waals surface area contributed by atoms with Crippen LogP contribution in [0.4, 0.5) is 0 Å². The molecule has 0 aromatic rings. The Hall–Kier alpha value is -1.20. The topological polar surface area (TPSA) is 86.6 Å². The number of carbonyl (C=O) groups excluding carboxylic acids is 2. The van der Waals surface area contributed by atoms with Crippen molar-refractivity contribution in [3.05, 3.63) is 12.7 Å². The summed E-state index contributed by atoms with van der Waals surface area (Å²) in [6.07, 6.45) is 1.96. The van der Waals surface area contributed by atoms with E-state index in [-0.39, 0.29) is 11.8 Å². The van der Waals surface area contributed by atoms with Crippen LogP contribution in [0.1, 0.15) is 19.8 Å². The van der Waals surface area contributed by atoms with Gasteiger partial charge in [-0.15, -0.1) is 6.58 Å². The fourth-order valence-corrected chi connectivity index (χ4v) is 1.42. The highest BCUT2D eigenvalue weighted by Gasteiger charge is 2.21. The van der Waals surface area contributed by atoms with Gasteiger partial charge in [0.25, 0.3) is 0 Å². The molecule has 0 aliphatic rings. The molecule has 0 spiro atoms. The van der Waals surface area contributed by atoms with Gasteiger partial charge in [0.2, 0.25) is 5.91 Å². The van der Waals surface area contributed by atoms with Crippen LogP contribution in [0.3, 0.4) is 0 Å². The Morgan fingerprint density at radius 1 is 1.53 bits per heavy atom. The van der Waals surface area contributed by atoms with Crippen LogP contribution >= 0.6 is 0 Å². The summed E-state index contributed by atoms with van der Waals surface area (Å²) in [5.41, 5.74) is 0. The summed E-state index contributed by atoms with van der Waals surface area (Å²) < 4.78 is 0. The fraction of sp³-hybridized carbons (Fsp3) is 0.667. The first kappa shape index (κ1) is 15.8. The molecule has 5 heteroatoms. The third kappa shape index (κ3) is 6.19. The number of hydrogen-bond acceptors (Lipinski definition) is 4. The molecule has 17 heavy (non-hydrogen) atoms. The zero-order valence-corrected chi connectivity index (χ0v) is 10.1. The lowest BCUT2D eigenvalue weighted by molar-refractivity contribution is -0.120. The minimum absolute atomic E-state index is 0.0674. The van der Waals surface area contributed by atoms with Crippen molar-refractivity contribution in [2.75, 3.05) is 13.2 Å². The van der Waals surface area contributed by atoms with Gasteiger partial charge in [-0.3, -0.25) is 4.79 Å². The quantitative estimate of drug-likeness (QED) is 0.389. The van der Waals surface area contributed by atoms with Crippen LogP contribution in [0.15, 0.2) is 12.7 Å². The first-order chi connectivity index (χ1) is 8.08. The Balaban J connectivity index is 4.22. The average molecular weight is 243 g/mol. The Labute approximate surface area is 102 Å². The van der Waals surface area contributed by atoms with Gasteiger partial charge in [0.1, 0.15) is 6.29 Å². The van der Waals surface area contributed by atoms with E-state index in [1.54, 1.807) is 13.0 Å². The summed E-state index contributed by atoms with van der Waals surface area (Å²) in [7, 11) is 0. The summed E-state index contributed by atoms with van der Waals surface area (Å²) in [5, 5.41) is 20.9. The number of aldehydes is 1. The number of hydrogen-bond donors (Lipinski definition) is 3. The van der Waals surface area contributed by atoms with Crippen molar-refractivity contribution < 1.29 is 19.8 Å². The Bertz CT molecular complexity index is 255. The van der Waals surface area contributed by atoms with Crippen molar-refractivity contribution >= 4 is 12.2 Å². The summed E-state index contributed by atoms with van der Waals surface area (Å²) in [4.78, 5) is 21.8. The molecule has 3 atom stereocenters. The number of carbonyl (C=O) groups is 2. The highest BCUT2D eigenvalue weighted by atomic mass is 16.3. The van der Waals surface area contributed by atoms with Crippen LogP contribution < -0.4 is 5.32 Å². The van der Waals surface area contributed by atoms with Crippen LogP contribution in [-0.2, 0) is 9.59 Å². The Kier molecular flexibility index (Phi) is 8.27. The highest BCUT2D eigenvalue weighted by molar-refractivity contribution is 5.75. The number of aliphatic hydroxyl groups is 2. The van der Waals surface area contributed by atoms with E-state index in [1.807, 2.05) is 0 Å². The summed E-state index contributed by atoms with van der Waals surface area (Å²) in [6.45, 7) is 5.32. The third-order valence-electron chi connectivity index (χ3n) is 2.65. The second kappa shape index (κ2) is 8.90. The molecule has 5 nitrogen and oxygen atoms in total. The van der Waals surface area contributed by atoms with Gasteiger partial charge in [0, 0.05) is 18.9 Å². The lowest BCUT2D eigenvalue weighted by atomic mass is 9.91. The average Bonchev–Trinajstić information content (AvgIpc) is 2.37. The van der Waals surface area contributed by atoms with Gasteiger partial charge in [0.15, 0.2) is 0 Å². The van der Waals surface area contributed by atoms with E-state index in [9.17, 15) is 14.7 Å². The number of nitrogens with one attached hydrogen (secondary N) is 1. The van der Waals surface area contributed by atoms with Gasteiger partial charge in [-0.25, -0.2) is 0 Å². The predicted molar refractivity (Wildman–Crippen MR) is 64.3 cm³/mol. The monoisotopic (exact) mass is 243 g/mol. The highest BCUT2D eigenvalue weighted by Crippen LogP contribution is 2.15. The van der Waals surface area contributed by atoms with Gasteiger partial charge < -0.3 is 20.3 Å². The molecule has 0 bridgehead atoms. The van der Waals surface area contributed by atoms with Crippen molar-refractivity contribution in [3.8, 4) is 0 Å². The van der Waals surface area contributed by atoms with E-state index in [4.69, 9.17) is 5.11 Å². The first-order valence-electron chi connectivity index (χ1n) is 5.72. The molecule has 0 fully saturated rings. The zero-order valence-electron chi connectivity index (χ0n) is 10.1. The molecule has 0 unspecified atom stereocenters. The maximum atomic E-state index is 11.1. The Morgan fingerprint density at radius 3 is 2.59 bits per heavy atom. The molecule has 0 saturated heterocycles. The smallest absolute Gasteiger partial charge is 0.219 e. The predicted octanol–water partition coefficient (Wildman–Crippen LogP) is -0.127. The number of aliphatic hydroxyl groups excluding tert-OH is 2. The molecule has 0 aromatic heterocycles. The molecule has 98 valence electrons. The van der Waals surface area contributed by atoms with Gasteiger partial charge in [-0.1, -0.05) is 13.0 Å². The molecular formula is C12H21NO4. The summed E-state index contributed by atoms with van der Waals surface area (Å²) in [5.74, 6) is -0.800. The molecule has 0 heterocycles. The zero-order chi connectivity index (χ0) is 13.3. The van der Waals surface area contributed by atoms with Gasteiger partial charge in [-0.2, -0.15) is 0 Å². The van der Waals surface area contributed by atoms with E-state index in [0.717, 1.165) is 0 Å². The first-order valence-corrected chi connectivity index (χ1v) is 5.72. The van der Waals surface area contributed by atoms with E-state index in [1.165, 1.54) is 0 Å². The Morgan fingerprint density at radius 2 is 2.18 bits per heavy atom. The lowest BCUT2D eigenvalue weighted by Gasteiger charge is -2.20. The van der Waals surface area contributed by atoms with E-state index in [0.29, 0.717) is 25.7 Å². The SMILES string of the molecule is C=C[C@@H](CNC(=O)CC)C[C@H](C=O)[C@H](O)CO. The summed E-state index contributed by atoms with van der Waals surface area (Å²) in [6, 6.07) is 0. The molecule has 3 N–H and O–H groups in total. The van der Waals surface area contributed by atoms with Crippen molar-refractivity contribution in [2.24, 2.45) is 11.8 Å². The minimum atomic E-state index is -1.06. The maximum absolute atomic E-state index is 11.1. The van der Waals surface area contributed by atoms with Crippen LogP contribution in [0.5, 0.6) is 0 Å². The van der Waals surface area contributed by atoms with E-state index < -0.39 is 18.6 Å². The standard InChI is InChI=1S/C12H21NO4/c1-3-9(6-13-12(17)4-2)5-10(7-14)11(16)8-15/h3,7,9-11,15-16H,1,4-6,8H2,2H3,(H,13,17)/t9-,10-,11-/m1/s1. The lowest BCUT2D eigenvalue weighted by Crippen LogP contribution is -2.32. The van der Waals surface area contributed by atoms with Crippen LogP contribution in [0.2, 0.25) is 0 Å². The van der Waals surface area contributed by atoms with Gasteiger partial charge >= 0.3 is 0 Å². The molecule has 0 aromatic carbocycles. The van der Waals surface area contributed by atoms with E-state index in [2.05, 4.69) is 11.9 Å². The fourth-order valence-electron chi connectivity index (χ4n) is 1.42. The largest absolute Gasteiger partial charge is 0.394 e. The van der Waals surface area contributed by atoms with Crippen molar-refractivity contribution in [2.45, 2.75) is 25.9 Å². The molecule has 0 aliphatic heterocycles. The molecule has 1 amide bonds. The molecule has 0 saturated carbocycles.